The molecule has 2 heterocycles. The number of carbonyl (C=O) groups is 2. The molecule has 1 N–H and O–H groups in total. The van der Waals surface area contributed by atoms with Crippen LogP contribution in [0.2, 0.25) is 0 Å². The quantitative estimate of drug-likeness (QED) is 0.812. The molecule has 0 aromatic heterocycles. The maximum atomic E-state index is 12.8. The van der Waals surface area contributed by atoms with Crippen LogP contribution >= 0.6 is 0 Å². The SMILES string of the molecule is COC(=O)[C@H](C)NC(=O)C1CN(Cc2ccccc2)CC12CCOC2. The van der Waals surface area contributed by atoms with Crippen molar-refractivity contribution in [3.05, 3.63) is 35.9 Å². The molecule has 2 unspecified atom stereocenters. The zero-order valence-corrected chi connectivity index (χ0v) is 14.9. The average molecular weight is 346 g/mol. The molecular formula is C19H26N2O4. The number of hydrogen-bond donors (Lipinski definition) is 1. The first kappa shape index (κ1) is 17.9. The lowest BCUT2D eigenvalue weighted by Gasteiger charge is -2.28. The van der Waals surface area contributed by atoms with Crippen LogP contribution in [0.5, 0.6) is 0 Å². The molecule has 3 atom stereocenters. The van der Waals surface area contributed by atoms with Crippen molar-refractivity contribution in [1.82, 2.24) is 10.2 Å². The van der Waals surface area contributed by atoms with Gasteiger partial charge in [-0.1, -0.05) is 30.3 Å². The molecule has 136 valence electrons. The number of hydrogen-bond acceptors (Lipinski definition) is 5. The van der Waals surface area contributed by atoms with Gasteiger partial charge >= 0.3 is 5.97 Å². The maximum Gasteiger partial charge on any atom is 0.328 e. The topological polar surface area (TPSA) is 67.9 Å². The van der Waals surface area contributed by atoms with E-state index in [0.717, 1.165) is 19.5 Å². The second-order valence-corrected chi connectivity index (χ2v) is 7.13. The molecule has 0 saturated carbocycles. The number of benzene rings is 1. The van der Waals surface area contributed by atoms with Crippen LogP contribution in [0, 0.1) is 11.3 Å². The molecule has 2 fully saturated rings. The highest BCUT2D eigenvalue weighted by Gasteiger charge is 2.52. The Morgan fingerprint density at radius 1 is 1.40 bits per heavy atom. The van der Waals surface area contributed by atoms with Gasteiger partial charge in [-0.25, -0.2) is 4.79 Å². The summed E-state index contributed by atoms with van der Waals surface area (Å²) in [5, 5.41) is 2.81. The van der Waals surface area contributed by atoms with Gasteiger partial charge < -0.3 is 14.8 Å². The van der Waals surface area contributed by atoms with E-state index >= 15 is 0 Å². The van der Waals surface area contributed by atoms with Gasteiger partial charge in [-0.3, -0.25) is 9.69 Å². The summed E-state index contributed by atoms with van der Waals surface area (Å²) in [5.74, 6) is -0.686. The number of carbonyl (C=O) groups excluding carboxylic acids is 2. The Morgan fingerprint density at radius 2 is 2.16 bits per heavy atom. The molecule has 1 amide bonds. The van der Waals surface area contributed by atoms with Gasteiger partial charge in [0.25, 0.3) is 0 Å². The fraction of sp³-hybridized carbons (Fsp3) is 0.579. The van der Waals surface area contributed by atoms with E-state index in [1.807, 2.05) is 18.2 Å². The number of amides is 1. The van der Waals surface area contributed by atoms with Crippen LogP contribution < -0.4 is 5.32 Å². The van der Waals surface area contributed by atoms with Crippen molar-refractivity contribution < 1.29 is 19.1 Å². The van der Waals surface area contributed by atoms with Crippen LogP contribution in [0.4, 0.5) is 0 Å². The summed E-state index contributed by atoms with van der Waals surface area (Å²) in [5.41, 5.74) is 1.08. The molecule has 6 heteroatoms. The number of nitrogens with zero attached hydrogens (tertiary/aromatic N) is 1. The van der Waals surface area contributed by atoms with Gasteiger partial charge in [0, 0.05) is 31.7 Å². The smallest absolute Gasteiger partial charge is 0.328 e. The number of rotatable bonds is 5. The monoisotopic (exact) mass is 346 g/mol. The van der Waals surface area contributed by atoms with Gasteiger partial charge in [0.1, 0.15) is 6.04 Å². The Labute approximate surface area is 148 Å². The van der Waals surface area contributed by atoms with Crippen molar-refractivity contribution in [3.8, 4) is 0 Å². The molecule has 2 saturated heterocycles. The summed E-state index contributed by atoms with van der Waals surface area (Å²) in [7, 11) is 1.33. The van der Waals surface area contributed by atoms with Crippen molar-refractivity contribution in [1.29, 1.82) is 0 Å². The first-order valence-corrected chi connectivity index (χ1v) is 8.76. The number of methoxy groups -OCH3 is 1. The molecule has 1 aromatic carbocycles. The van der Waals surface area contributed by atoms with E-state index in [-0.39, 0.29) is 17.2 Å². The lowest BCUT2D eigenvalue weighted by atomic mass is 9.77. The van der Waals surface area contributed by atoms with Gasteiger partial charge in [-0.05, 0) is 18.9 Å². The highest BCUT2D eigenvalue weighted by atomic mass is 16.5. The van der Waals surface area contributed by atoms with Crippen molar-refractivity contribution in [2.75, 3.05) is 33.4 Å². The van der Waals surface area contributed by atoms with Crippen LogP contribution in [0.15, 0.2) is 30.3 Å². The predicted molar refractivity (Wildman–Crippen MR) is 92.7 cm³/mol. The minimum atomic E-state index is -0.639. The third kappa shape index (κ3) is 3.85. The predicted octanol–water partition coefficient (Wildman–Crippen LogP) is 1.20. The summed E-state index contributed by atoms with van der Waals surface area (Å²) in [4.78, 5) is 26.8. The molecule has 6 nitrogen and oxygen atoms in total. The van der Waals surface area contributed by atoms with E-state index in [0.29, 0.717) is 19.8 Å². The second-order valence-electron chi connectivity index (χ2n) is 7.13. The number of esters is 1. The third-order valence-corrected chi connectivity index (χ3v) is 5.33. The lowest BCUT2D eigenvalue weighted by Crippen LogP contribution is -2.47. The second kappa shape index (κ2) is 7.54. The number of ether oxygens (including phenoxy) is 2. The van der Waals surface area contributed by atoms with Crippen molar-refractivity contribution in [3.63, 3.8) is 0 Å². The minimum absolute atomic E-state index is 0.0843. The molecule has 2 aliphatic rings. The Kier molecular flexibility index (Phi) is 5.39. The standard InChI is InChI=1S/C19H26N2O4/c1-14(18(23)24-2)20-17(22)16-11-21(10-15-6-4-3-5-7-15)12-19(16)8-9-25-13-19/h3-7,14,16H,8-13H2,1-2H3,(H,20,22)/t14-,16?,19?/m0/s1. The molecular weight excluding hydrogens is 320 g/mol. The first-order chi connectivity index (χ1) is 12.0. The zero-order chi connectivity index (χ0) is 17.9. The lowest BCUT2D eigenvalue weighted by molar-refractivity contribution is -0.145. The Morgan fingerprint density at radius 3 is 2.80 bits per heavy atom. The molecule has 3 rings (SSSR count). The average Bonchev–Trinajstić information content (AvgIpc) is 3.22. The Bertz CT molecular complexity index is 613. The summed E-state index contributed by atoms with van der Waals surface area (Å²) in [6.07, 6.45) is 0.878. The summed E-state index contributed by atoms with van der Waals surface area (Å²) >= 11 is 0. The Balaban J connectivity index is 1.70. The van der Waals surface area contributed by atoms with Crippen LogP contribution in [-0.4, -0.2) is 56.2 Å². The highest BCUT2D eigenvalue weighted by molar-refractivity contribution is 5.86. The van der Waals surface area contributed by atoms with E-state index in [9.17, 15) is 9.59 Å². The van der Waals surface area contributed by atoms with Gasteiger partial charge in [0.2, 0.25) is 5.91 Å². The third-order valence-electron chi connectivity index (χ3n) is 5.33. The molecule has 0 radical (unpaired) electrons. The number of nitrogens with one attached hydrogen (secondary N) is 1. The summed E-state index contributed by atoms with van der Waals surface area (Å²) in [6, 6.07) is 9.63. The zero-order valence-electron chi connectivity index (χ0n) is 14.9. The van der Waals surface area contributed by atoms with E-state index in [2.05, 4.69) is 22.3 Å². The molecule has 0 bridgehead atoms. The van der Waals surface area contributed by atoms with Gasteiger partial charge in [-0.2, -0.15) is 0 Å². The number of likely N-dealkylation sites (tertiary alicyclic amines) is 1. The van der Waals surface area contributed by atoms with Crippen molar-refractivity contribution in [2.45, 2.75) is 25.9 Å². The van der Waals surface area contributed by atoms with E-state index in [1.54, 1.807) is 6.92 Å². The van der Waals surface area contributed by atoms with E-state index < -0.39 is 12.0 Å². The summed E-state index contributed by atoms with van der Waals surface area (Å²) < 4.78 is 10.3. The van der Waals surface area contributed by atoms with Crippen LogP contribution in [0.3, 0.4) is 0 Å². The van der Waals surface area contributed by atoms with Crippen molar-refractivity contribution >= 4 is 11.9 Å². The first-order valence-electron chi connectivity index (χ1n) is 8.76. The minimum Gasteiger partial charge on any atom is -0.467 e. The van der Waals surface area contributed by atoms with E-state index in [4.69, 9.17) is 9.47 Å². The maximum absolute atomic E-state index is 12.8. The van der Waals surface area contributed by atoms with Crippen LogP contribution in [0.1, 0.15) is 18.9 Å². The largest absolute Gasteiger partial charge is 0.467 e. The summed E-state index contributed by atoms with van der Waals surface area (Å²) in [6.45, 7) is 5.28. The molecule has 1 aromatic rings. The van der Waals surface area contributed by atoms with Gasteiger partial charge in [0.15, 0.2) is 0 Å². The fourth-order valence-corrected chi connectivity index (χ4v) is 3.97. The van der Waals surface area contributed by atoms with E-state index in [1.165, 1.54) is 12.7 Å². The molecule has 0 aliphatic carbocycles. The molecule has 1 spiro atoms. The molecule has 2 aliphatic heterocycles. The van der Waals surface area contributed by atoms with Gasteiger partial charge in [0.05, 0.1) is 19.6 Å². The van der Waals surface area contributed by atoms with Crippen LogP contribution in [-0.2, 0) is 25.6 Å². The van der Waals surface area contributed by atoms with Crippen LogP contribution in [0.25, 0.3) is 0 Å². The molecule has 25 heavy (non-hydrogen) atoms. The Hall–Kier alpha value is -1.92. The van der Waals surface area contributed by atoms with Gasteiger partial charge in [-0.15, -0.1) is 0 Å². The van der Waals surface area contributed by atoms with Crippen molar-refractivity contribution in [2.24, 2.45) is 11.3 Å². The highest BCUT2D eigenvalue weighted by Crippen LogP contribution is 2.43. The fourth-order valence-electron chi connectivity index (χ4n) is 3.97. The normalized spacial score (nSPS) is 27.4.